The molecular formula is C28H40N4O5. The maximum atomic E-state index is 14.0. The molecule has 1 aromatic carbocycles. The van der Waals surface area contributed by atoms with Crippen LogP contribution in [0.3, 0.4) is 0 Å². The van der Waals surface area contributed by atoms with Crippen molar-refractivity contribution < 1.29 is 23.9 Å². The second-order valence-corrected chi connectivity index (χ2v) is 11.2. The standard InChI is InChI=1S/C28H40N4O5/c1-19(2)30-13-15-31(16-14-30)21-9-7-20(8-10-21)26(34)29-28(11-5-4-6-12-28)27(35)32-17-23(36-3)25-24(32)22(33)18-37-25/h7-10,19,23-25H,4-6,11-18H2,1-3H3,(H,29,34)/t23-,24+,25+/m0/s1. The van der Waals surface area contributed by atoms with Crippen LogP contribution >= 0.6 is 0 Å². The van der Waals surface area contributed by atoms with Gasteiger partial charge in [-0.1, -0.05) is 19.3 Å². The van der Waals surface area contributed by atoms with Crippen molar-refractivity contribution in [1.29, 1.82) is 0 Å². The second-order valence-electron chi connectivity index (χ2n) is 11.2. The number of likely N-dealkylation sites (tertiary alicyclic amines) is 1. The largest absolute Gasteiger partial charge is 0.377 e. The molecule has 9 nitrogen and oxygen atoms in total. The normalized spacial score (nSPS) is 28.0. The lowest BCUT2D eigenvalue weighted by Crippen LogP contribution is -2.62. The van der Waals surface area contributed by atoms with E-state index in [9.17, 15) is 14.4 Å². The van der Waals surface area contributed by atoms with E-state index in [1.165, 1.54) is 0 Å². The molecule has 2 amide bonds. The molecular weight excluding hydrogens is 472 g/mol. The van der Waals surface area contributed by atoms with Crippen LogP contribution in [0.25, 0.3) is 0 Å². The number of nitrogens with one attached hydrogen (secondary N) is 1. The summed E-state index contributed by atoms with van der Waals surface area (Å²) >= 11 is 0. The van der Waals surface area contributed by atoms with Crippen LogP contribution in [-0.2, 0) is 19.1 Å². The maximum Gasteiger partial charge on any atom is 0.252 e. The number of methoxy groups -OCH3 is 1. The number of nitrogens with zero attached hydrogens (tertiary/aromatic N) is 3. The number of Topliss-reactive ketones (excluding diaryl/α,β-unsaturated/α-hetero) is 1. The summed E-state index contributed by atoms with van der Waals surface area (Å²) < 4.78 is 11.2. The molecule has 0 spiro atoms. The molecule has 1 aliphatic carbocycles. The van der Waals surface area contributed by atoms with Gasteiger partial charge in [-0.25, -0.2) is 0 Å². The number of piperazine rings is 1. The van der Waals surface area contributed by atoms with E-state index in [-0.39, 0.29) is 30.3 Å². The molecule has 0 bridgehead atoms. The number of hydrogen-bond donors (Lipinski definition) is 1. The van der Waals surface area contributed by atoms with Crippen LogP contribution in [0.2, 0.25) is 0 Å². The lowest BCUT2D eigenvalue weighted by Gasteiger charge is -2.40. The molecule has 0 aromatic heterocycles. The molecule has 202 valence electrons. The average molecular weight is 513 g/mol. The van der Waals surface area contributed by atoms with Crippen LogP contribution in [0, 0.1) is 0 Å². The van der Waals surface area contributed by atoms with Crippen molar-refractivity contribution in [3.05, 3.63) is 29.8 Å². The minimum atomic E-state index is -1.02. The monoisotopic (exact) mass is 512 g/mol. The molecule has 3 aliphatic heterocycles. The predicted octanol–water partition coefficient (Wildman–Crippen LogP) is 1.84. The number of ether oxygens (including phenoxy) is 2. The number of carbonyl (C=O) groups is 3. The summed E-state index contributed by atoms with van der Waals surface area (Å²) in [4.78, 5) is 46.5. The highest BCUT2D eigenvalue weighted by atomic mass is 16.5. The Kier molecular flexibility index (Phi) is 7.56. The SMILES string of the molecule is CO[C@H]1CN(C(=O)C2(NC(=O)c3ccc(N4CCN(C(C)C)CC4)cc3)CCCCC2)[C@@H]2C(=O)CO[C@H]12. The third kappa shape index (κ3) is 5.01. The lowest BCUT2D eigenvalue weighted by atomic mass is 9.80. The van der Waals surface area contributed by atoms with Gasteiger partial charge < -0.3 is 24.6 Å². The molecule has 9 heteroatoms. The predicted molar refractivity (Wildman–Crippen MR) is 140 cm³/mol. The summed E-state index contributed by atoms with van der Waals surface area (Å²) in [6, 6.07) is 7.61. The molecule has 1 N–H and O–H groups in total. The van der Waals surface area contributed by atoms with Crippen molar-refractivity contribution in [2.75, 3.05) is 51.3 Å². The zero-order chi connectivity index (χ0) is 26.2. The van der Waals surface area contributed by atoms with Crippen molar-refractivity contribution in [3.63, 3.8) is 0 Å². The summed E-state index contributed by atoms with van der Waals surface area (Å²) in [7, 11) is 1.58. The number of amides is 2. The van der Waals surface area contributed by atoms with Gasteiger partial charge in [0.2, 0.25) is 5.91 Å². The molecule has 4 fully saturated rings. The van der Waals surface area contributed by atoms with Crippen LogP contribution in [0.5, 0.6) is 0 Å². The van der Waals surface area contributed by atoms with Crippen molar-refractivity contribution in [2.45, 2.75) is 75.8 Å². The smallest absolute Gasteiger partial charge is 0.252 e. The van der Waals surface area contributed by atoms with Gasteiger partial charge in [0.25, 0.3) is 5.91 Å². The quantitative estimate of drug-likeness (QED) is 0.622. The number of fused-ring (bicyclic) bond motifs is 1. The van der Waals surface area contributed by atoms with Crippen molar-refractivity contribution in [1.82, 2.24) is 15.1 Å². The van der Waals surface area contributed by atoms with Gasteiger partial charge in [0.05, 0.1) is 6.54 Å². The van der Waals surface area contributed by atoms with Crippen LogP contribution in [-0.4, -0.2) is 104 Å². The third-order valence-corrected chi connectivity index (χ3v) is 8.71. The Balaban J connectivity index is 1.29. The van der Waals surface area contributed by atoms with Crippen LogP contribution in [0.15, 0.2) is 24.3 Å². The molecule has 3 saturated heterocycles. The van der Waals surface area contributed by atoms with Gasteiger partial charge in [0, 0.05) is 50.6 Å². The fourth-order valence-corrected chi connectivity index (χ4v) is 6.46. The lowest BCUT2D eigenvalue weighted by molar-refractivity contribution is -0.143. The van der Waals surface area contributed by atoms with E-state index in [0.29, 0.717) is 31.0 Å². The third-order valence-electron chi connectivity index (χ3n) is 8.71. The first-order valence-electron chi connectivity index (χ1n) is 13.7. The van der Waals surface area contributed by atoms with Crippen molar-refractivity contribution in [3.8, 4) is 0 Å². The molecule has 0 unspecified atom stereocenters. The Morgan fingerprint density at radius 1 is 1.05 bits per heavy atom. The van der Waals surface area contributed by atoms with E-state index in [1.807, 2.05) is 24.3 Å². The molecule has 4 aliphatic rings. The zero-order valence-electron chi connectivity index (χ0n) is 22.3. The summed E-state index contributed by atoms with van der Waals surface area (Å²) in [6.07, 6.45) is 3.09. The van der Waals surface area contributed by atoms with Gasteiger partial charge >= 0.3 is 0 Å². The van der Waals surface area contributed by atoms with Gasteiger partial charge in [-0.15, -0.1) is 0 Å². The highest BCUT2D eigenvalue weighted by molar-refractivity contribution is 6.01. The van der Waals surface area contributed by atoms with E-state index in [4.69, 9.17) is 9.47 Å². The fourth-order valence-electron chi connectivity index (χ4n) is 6.46. The first-order chi connectivity index (χ1) is 17.8. The number of carbonyl (C=O) groups excluding carboxylic acids is 3. The first-order valence-corrected chi connectivity index (χ1v) is 13.7. The zero-order valence-corrected chi connectivity index (χ0v) is 22.3. The molecule has 0 radical (unpaired) electrons. The van der Waals surface area contributed by atoms with Gasteiger partial charge in [0.1, 0.15) is 30.4 Å². The molecule has 5 rings (SSSR count). The van der Waals surface area contributed by atoms with Crippen LogP contribution in [0.1, 0.15) is 56.3 Å². The summed E-state index contributed by atoms with van der Waals surface area (Å²) in [6.45, 7) is 8.73. The molecule has 3 heterocycles. The number of ketones is 1. The van der Waals surface area contributed by atoms with Gasteiger partial charge in [0.15, 0.2) is 5.78 Å². The van der Waals surface area contributed by atoms with E-state index < -0.39 is 17.7 Å². The Morgan fingerprint density at radius 3 is 2.35 bits per heavy atom. The maximum absolute atomic E-state index is 14.0. The Labute approximate surface area is 219 Å². The minimum Gasteiger partial charge on any atom is -0.377 e. The average Bonchev–Trinajstić information content (AvgIpc) is 3.49. The van der Waals surface area contributed by atoms with E-state index in [1.54, 1.807) is 12.0 Å². The van der Waals surface area contributed by atoms with Crippen LogP contribution < -0.4 is 10.2 Å². The number of rotatable bonds is 6. The number of anilines is 1. The number of hydrogen-bond acceptors (Lipinski definition) is 7. The van der Waals surface area contributed by atoms with Crippen LogP contribution in [0.4, 0.5) is 5.69 Å². The Bertz CT molecular complexity index is 998. The fraction of sp³-hybridized carbons (Fsp3) is 0.679. The molecule has 37 heavy (non-hydrogen) atoms. The van der Waals surface area contributed by atoms with Gasteiger partial charge in [-0.3, -0.25) is 19.3 Å². The summed E-state index contributed by atoms with van der Waals surface area (Å²) in [5, 5.41) is 3.13. The van der Waals surface area contributed by atoms with Crippen molar-refractivity contribution in [2.24, 2.45) is 0 Å². The van der Waals surface area contributed by atoms with E-state index >= 15 is 0 Å². The summed E-state index contributed by atoms with van der Waals surface area (Å²) in [5.74, 6) is -0.534. The van der Waals surface area contributed by atoms with E-state index in [0.717, 1.165) is 51.1 Å². The van der Waals surface area contributed by atoms with E-state index in [2.05, 4.69) is 29.0 Å². The topological polar surface area (TPSA) is 91.4 Å². The second kappa shape index (κ2) is 10.7. The number of benzene rings is 1. The molecule has 3 atom stereocenters. The molecule has 1 saturated carbocycles. The molecule has 1 aromatic rings. The highest BCUT2D eigenvalue weighted by Crippen LogP contribution is 2.36. The Hall–Kier alpha value is -2.49. The van der Waals surface area contributed by atoms with Gasteiger partial charge in [-0.05, 0) is 51.0 Å². The summed E-state index contributed by atoms with van der Waals surface area (Å²) in [5.41, 5.74) is 0.630. The Morgan fingerprint density at radius 2 is 1.73 bits per heavy atom. The first kappa shape index (κ1) is 26.1. The highest BCUT2D eigenvalue weighted by Gasteiger charge is 2.56. The van der Waals surface area contributed by atoms with Crippen molar-refractivity contribution >= 4 is 23.3 Å². The minimum absolute atomic E-state index is 0.00278. The van der Waals surface area contributed by atoms with Gasteiger partial charge in [-0.2, -0.15) is 0 Å².